The maximum Gasteiger partial charge on any atom is 0.326 e. The number of benzene rings is 2. The Balaban J connectivity index is 2.43. The Labute approximate surface area is 129 Å². The Kier molecular flexibility index (Phi) is 2.38. The molecule has 0 bridgehead atoms. The first kappa shape index (κ1) is 11.1. The lowest BCUT2D eigenvalue weighted by Crippen LogP contribution is -2.30. The van der Waals surface area contributed by atoms with E-state index in [0.29, 0.717) is 0 Å². The van der Waals surface area contributed by atoms with E-state index in [-0.39, 0.29) is 20.8 Å². The minimum absolute atomic E-state index is 0.0454. The predicted octanol–water partition coefficient (Wildman–Crippen LogP) is 0.874. The molecule has 1 aliphatic rings. The van der Waals surface area contributed by atoms with Gasteiger partial charge in [-0.1, -0.05) is 6.07 Å². The molecule has 2 N–H and O–H groups in total. The smallest absolute Gasteiger partial charge is 0.326 e. The molecule has 1 heterocycles. The predicted molar refractivity (Wildman–Crippen MR) is 76.5 cm³/mol. The molecule has 0 aliphatic carbocycles. The van der Waals surface area contributed by atoms with E-state index in [0.717, 1.165) is 0 Å². The van der Waals surface area contributed by atoms with Crippen LogP contribution in [0.5, 0.6) is 11.5 Å². The van der Waals surface area contributed by atoms with E-state index in [1.54, 1.807) is 0 Å². The summed E-state index contributed by atoms with van der Waals surface area (Å²) in [6, 6.07) is 3.24. The minimum Gasteiger partial charge on any atom is -0.506 e. The summed E-state index contributed by atoms with van der Waals surface area (Å²) in [7, 11) is -3.49. The van der Waals surface area contributed by atoms with Crippen LogP contribution in [-0.4, -0.2) is 33.0 Å². The summed E-state index contributed by atoms with van der Waals surface area (Å²) in [5.41, 5.74) is -1.13. The van der Waals surface area contributed by atoms with Crippen molar-refractivity contribution >= 4 is 32.6 Å². The highest BCUT2D eigenvalue weighted by Gasteiger charge is 2.37. The van der Waals surface area contributed by atoms with Gasteiger partial charge in [0.1, 0.15) is 23.7 Å². The van der Waals surface area contributed by atoms with Crippen molar-refractivity contribution < 1.29 is 31.6 Å². The Hall–Kier alpha value is -2.55. The number of halogens is 1. The lowest BCUT2D eigenvalue weighted by molar-refractivity contribution is -0.117. The van der Waals surface area contributed by atoms with Crippen LogP contribution in [0.25, 0.3) is 10.8 Å². The van der Waals surface area contributed by atoms with Crippen LogP contribution in [0.2, 0.25) is 0 Å². The van der Waals surface area contributed by atoms with Gasteiger partial charge in [-0.3, -0.25) is 4.79 Å². The van der Waals surface area contributed by atoms with Crippen LogP contribution < -0.4 is 13.8 Å². The van der Waals surface area contributed by atoms with E-state index < -0.39 is 45.9 Å². The number of phenolic OH excluding ortho intramolecular Hbond substituents is 1. The lowest BCUT2D eigenvalue weighted by Gasteiger charge is -2.18. The first-order valence-corrected chi connectivity index (χ1v) is 7.32. The maximum atomic E-state index is 15.0. The van der Waals surface area contributed by atoms with Crippen molar-refractivity contribution in [3.05, 3.63) is 30.1 Å². The van der Waals surface area contributed by atoms with Gasteiger partial charge in [-0.25, -0.2) is 13.4 Å². The number of fused-ring (bicyclic) bond motifs is 1. The van der Waals surface area contributed by atoms with Gasteiger partial charge in [-0.2, -0.15) is 8.42 Å². The molecular weight excluding hydrogens is 315 g/mol. The van der Waals surface area contributed by atoms with Crippen molar-refractivity contribution in [2.45, 2.75) is 0 Å². The van der Waals surface area contributed by atoms with E-state index in [1.807, 2.05) is 0 Å². The Morgan fingerprint density at radius 3 is 2.86 bits per heavy atom. The Bertz CT molecular complexity index is 1030. The Morgan fingerprint density at radius 1 is 1.55 bits per heavy atom. The number of ether oxygens (including phenoxy) is 1. The van der Waals surface area contributed by atoms with Gasteiger partial charge in [-0.15, -0.1) is 0 Å². The van der Waals surface area contributed by atoms with E-state index >= 15 is 0 Å². The number of amides is 1. The molecule has 1 saturated heterocycles. The van der Waals surface area contributed by atoms with Gasteiger partial charge >= 0.3 is 10.2 Å². The zero-order valence-corrected chi connectivity index (χ0v) is 11.9. The molecule has 1 fully saturated rings. The van der Waals surface area contributed by atoms with Gasteiger partial charge in [0.2, 0.25) is 0 Å². The summed E-state index contributed by atoms with van der Waals surface area (Å²) >= 11 is 0. The number of aromatic hydroxyl groups is 1. The third-order valence-corrected chi connectivity index (χ3v) is 4.21. The number of methoxy groups -OCH3 is 1. The normalized spacial score (nSPS) is 21.1. The first-order valence-electron chi connectivity index (χ1n) is 7.38. The summed E-state index contributed by atoms with van der Waals surface area (Å²) in [5.74, 6) is -3.77. The van der Waals surface area contributed by atoms with Crippen molar-refractivity contribution in [3.8, 4) is 11.5 Å². The first-order chi connectivity index (χ1) is 11.5. The van der Waals surface area contributed by atoms with Gasteiger partial charge in [0.05, 0.1) is 11.2 Å². The summed E-state index contributed by atoms with van der Waals surface area (Å²) < 4.78 is 68.4. The molecule has 1 amide bonds. The van der Waals surface area contributed by atoms with E-state index in [2.05, 4.69) is 0 Å². The highest BCUT2D eigenvalue weighted by molar-refractivity contribution is 7.92. The zero-order chi connectivity index (χ0) is 18.7. The number of hydrogen-bond donors (Lipinski definition) is 2. The monoisotopic (exact) mass is 329 g/mol. The lowest BCUT2D eigenvalue weighted by atomic mass is 10.1. The quantitative estimate of drug-likeness (QED) is 0.852. The molecule has 2 aromatic carbocycles. The molecule has 0 aromatic heterocycles. The fourth-order valence-electron chi connectivity index (χ4n) is 2.06. The topological polar surface area (TPSA) is 95.9 Å². The van der Waals surface area contributed by atoms with Crippen LogP contribution in [0.15, 0.2) is 24.2 Å². The molecule has 0 spiro atoms. The summed E-state index contributed by atoms with van der Waals surface area (Å²) in [5, 5.41) is 9.82. The van der Waals surface area contributed by atoms with Gasteiger partial charge in [-0.05, 0) is 23.6 Å². The van der Waals surface area contributed by atoms with Gasteiger partial charge in [0.25, 0.3) is 5.91 Å². The van der Waals surface area contributed by atoms with Crippen LogP contribution >= 0.6 is 0 Å². The van der Waals surface area contributed by atoms with Crippen LogP contribution in [0.3, 0.4) is 0 Å². The molecule has 1 aliphatic heterocycles. The average molecular weight is 329 g/mol. The molecule has 0 saturated carbocycles. The van der Waals surface area contributed by atoms with Crippen LogP contribution in [0.4, 0.5) is 10.1 Å². The molecule has 2 aromatic rings. The molecule has 116 valence electrons. The number of anilines is 1. The molecule has 7 nitrogen and oxygen atoms in total. The molecule has 22 heavy (non-hydrogen) atoms. The van der Waals surface area contributed by atoms with Crippen molar-refractivity contribution in [1.82, 2.24) is 4.72 Å². The fourth-order valence-corrected chi connectivity index (χ4v) is 3.04. The standard InChI is InChI=1S/C13H11FN2O5S/c1-21-8-3-2-7-4-10(17)13(12(14)9(7)5-8)16-6-11(18)15-22(16,19)20/h2-5,17H,6H2,1H3,(H,15,18)/i4D,6D2. The number of rotatable bonds is 2. The van der Waals surface area contributed by atoms with Crippen molar-refractivity contribution in [2.75, 3.05) is 17.9 Å². The molecule has 3 rings (SSSR count). The minimum atomic E-state index is -4.80. The molecule has 0 unspecified atom stereocenters. The fraction of sp³-hybridized carbons (Fsp3) is 0.154. The van der Waals surface area contributed by atoms with Crippen molar-refractivity contribution in [3.63, 3.8) is 0 Å². The number of nitrogens with one attached hydrogen (secondary N) is 1. The second-order valence-corrected chi connectivity index (χ2v) is 5.88. The summed E-state index contributed by atoms with van der Waals surface area (Å²) in [6.45, 7) is -3.18. The molecule has 0 radical (unpaired) electrons. The molecular formula is C13H11FN2O5S. The third-order valence-electron chi connectivity index (χ3n) is 3.02. The van der Waals surface area contributed by atoms with Crippen LogP contribution in [0, 0.1) is 5.82 Å². The number of phenols is 1. The highest BCUT2D eigenvalue weighted by atomic mass is 32.2. The highest BCUT2D eigenvalue weighted by Crippen LogP contribution is 2.39. The molecule has 9 heteroatoms. The number of carbonyl (C=O) groups is 1. The van der Waals surface area contributed by atoms with Crippen LogP contribution in [0.1, 0.15) is 4.11 Å². The van der Waals surface area contributed by atoms with E-state index in [9.17, 15) is 22.7 Å². The van der Waals surface area contributed by atoms with Crippen LogP contribution in [-0.2, 0) is 15.0 Å². The SMILES string of the molecule is [2H]c1c(O)c(N2C([2H])([2H])C(=O)NS2(=O)=O)c(F)c2cc(OC)ccc12. The zero-order valence-electron chi connectivity index (χ0n) is 14.0. The second-order valence-electron chi connectivity index (χ2n) is 4.36. The number of hydrogen-bond acceptors (Lipinski definition) is 5. The number of carbonyl (C=O) groups excluding carboxylic acids is 1. The van der Waals surface area contributed by atoms with Gasteiger partial charge in [0, 0.05) is 5.39 Å². The number of nitrogens with zero attached hydrogens (tertiary/aromatic N) is 1. The largest absolute Gasteiger partial charge is 0.506 e. The van der Waals surface area contributed by atoms with Gasteiger partial charge in [0.15, 0.2) is 5.82 Å². The van der Waals surface area contributed by atoms with E-state index in [4.69, 9.17) is 8.85 Å². The maximum absolute atomic E-state index is 15.0. The summed E-state index contributed by atoms with van der Waals surface area (Å²) in [4.78, 5) is 11.6. The summed E-state index contributed by atoms with van der Waals surface area (Å²) in [6.07, 6.45) is 0. The van der Waals surface area contributed by atoms with Crippen molar-refractivity contribution in [1.29, 1.82) is 0 Å². The van der Waals surface area contributed by atoms with Gasteiger partial charge < -0.3 is 9.84 Å². The Morgan fingerprint density at radius 2 is 2.27 bits per heavy atom. The molecule has 0 atom stereocenters. The van der Waals surface area contributed by atoms with E-state index in [1.165, 1.54) is 30.0 Å². The third kappa shape index (κ3) is 2.10. The van der Waals surface area contributed by atoms with Crippen molar-refractivity contribution in [2.24, 2.45) is 0 Å². The average Bonchev–Trinajstić information content (AvgIpc) is 2.70. The second kappa shape index (κ2) is 4.73.